The van der Waals surface area contributed by atoms with E-state index in [1.807, 2.05) is 13.8 Å². The van der Waals surface area contributed by atoms with Crippen LogP contribution in [0.2, 0.25) is 0 Å². The van der Waals surface area contributed by atoms with Crippen LogP contribution >= 0.6 is 0 Å². The Morgan fingerprint density at radius 1 is 1.30 bits per heavy atom. The number of piperidine rings is 1. The molecule has 0 radical (unpaired) electrons. The predicted molar refractivity (Wildman–Crippen MR) is 107 cm³/mol. The van der Waals surface area contributed by atoms with Crippen LogP contribution in [0.3, 0.4) is 0 Å². The van der Waals surface area contributed by atoms with E-state index in [-0.39, 0.29) is 11.8 Å². The van der Waals surface area contributed by atoms with Gasteiger partial charge in [-0.1, -0.05) is 50.2 Å². The highest BCUT2D eigenvalue weighted by Gasteiger charge is 2.22. The molecule has 27 heavy (non-hydrogen) atoms. The first-order chi connectivity index (χ1) is 12.9. The summed E-state index contributed by atoms with van der Waals surface area (Å²) in [5.74, 6) is 1.45. The van der Waals surface area contributed by atoms with E-state index in [1.165, 1.54) is 31.5 Å². The lowest BCUT2D eigenvalue weighted by Gasteiger charge is -2.30. The van der Waals surface area contributed by atoms with E-state index < -0.39 is 0 Å². The molecule has 1 unspecified atom stereocenters. The third-order valence-electron chi connectivity index (χ3n) is 5.26. The number of aromatic nitrogens is 1. The fraction of sp³-hybridized carbons (Fsp3) is 0.545. The number of rotatable bonds is 6. The molecule has 1 saturated heterocycles. The number of nitrogens with zero attached hydrogens (tertiary/aromatic N) is 2. The normalized spacial score (nSPS) is 18.0. The summed E-state index contributed by atoms with van der Waals surface area (Å²) in [6, 6.07) is 8.55. The second-order valence-electron chi connectivity index (χ2n) is 8.14. The minimum absolute atomic E-state index is 0.121. The summed E-state index contributed by atoms with van der Waals surface area (Å²) < 4.78 is 5.31. The van der Waals surface area contributed by atoms with E-state index in [0.29, 0.717) is 23.6 Å². The molecule has 1 fully saturated rings. The first-order valence-corrected chi connectivity index (χ1v) is 9.98. The molecule has 3 rings (SSSR count). The van der Waals surface area contributed by atoms with Crippen molar-refractivity contribution < 1.29 is 9.32 Å². The lowest BCUT2D eigenvalue weighted by molar-refractivity contribution is 0.0948. The molecule has 5 heteroatoms. The SMILES string of the molecule is Cc1noc(C(C)C)c1C(=O)NCc1ccc(CN2CCCC(C)C2)cc1. The molecule has 0 spiro atoms. The quantitative estimate of drug-likeness (QED) is 0.826. The standard InChI is InChI=1S/C22H31N3O2/c1-15(2)21-20(17(4)24-27-21)22(26)23-12-18-7-9-19(10-8-18)14-25-11-5-6-16(3)13-25/h7-10,15-16H,5-6,11-14H2,1-4H3,(H,23,26). The molecule has 0 bridgehead atoms. The van der Waals surface area contributed by atoms with E-state index in [4.69, 9.17) is 4.52 Å². The van der Waals surface area contributed by atoms with Crippen LogP contribution in [0.4, 0.5) is 0 Å². The topological polar surface area (TPSA) is 58.4 Å². The number of amides is 1. The molecular formula is C22H31N3O2. The Bertz CT molecular complexity index is 764. The Morgan fingerprint density at radius 3 is 2.67 bits per heavy atom. The van der Waals surface area contributed by atoms with Crippen molar-refractivity contribution in [3.05, 3.63) is 52.4 Å². The lowest BCUT2D eigenvalue weighted by Crippen LogP contribution is -2.33. The molecule has 1 aliphatic rings. The van der Waals surface area contributed by atoms with Gasteiger partial charge in [0.25, 0.3) is 5.91 Å². The van der Waals surface area contributed by atoms with Gasteiger partial charge in [-0.05, 0) is 43.4 Å². The molecule has 146 valence electrons. The Hall–Kier alpha value is -2.14. The van der Waals surface area contributed by atoms with Crippen LogP contribution in [0, 0.1) is 12.8 Å². The molecular weight excluding hydrogens is 338 g/mol. The van der Waals surface area contributed by atoms with Crippen LogP contribution < -0.4 is 5.32 Å². The number of aryl methyl sites for hydroxylation is 1. The van der Waals surface area contributed by atoms with Crippen molar-refractivity contribution in [1.82, 2.24) is 15.4 Å². The highest BCUT2D eigenvalue weighted by molar-refractivity contribution is 5.96. The Balaban J connectivity index is 1.56. The predicted octanol–water partition coefficient (Wildman–Crippen LogP) is 4.27. The van der Waals surface area contributed by atoms with Gasteiger partial charge in [-0.25, -0.2) is 0 Å². The zero-order chi connectivity index (χ0) is 19.4. The van der Waals surface area contributed by atoms with Crippen molar-refractivity contribution >= 4 is 5.91 Å². The van der Waals surface area contributed by atoms with Gasteiger partial charge < -0.3 is 9.84 Å². The van der Waals surface area contributed by atoms with Crippen LogP contribution in [-0.2, 0) is 13.1 Å². The highest BCUT2D eigenvalue weighted by atomic mass is 16.5. The minimum atomic E-state index is -0.121. The second-order valence-corrected chi connectivity index (χ2v) is 8.14. The van der Waals surface area contributed by atoms with Crippen molar-refractivity contribution in [1.29, 1.82) is 0 Å². The fourth-order valence-electron chi connectivity index (χ4n) is 3.78. The molecule has 1 atom stereocenters. The number of carbonyl (C=O) groups is 1. The van der Waals surface area contributed by atoms with Crippen LogP contribution in [0.25, 0.3) is 0 Å². The summed E-state index contributed by atoms with van der Waals surface area (Å²) in [7, 11) is 0. The average Bonchev–Trinajstić information content (AvgIpc) is 3.03. The summed E-state index contributed by atoms with van der Waals surface area (Å²) in [5, 5.41) is 6.94. The molecule has 2 aromatic rings. The number of likely N-dealkylation sites (tertiary alicyclic amines) is 1. The van der Waals surface area contributed by atoms with Crippen molar-refractivity contribution in [3.8, 4) is 0 Å². The average molecular weight is 370 g/mol. The summed E-state index contributed by atoms with van der Waals surface area (Å²) >= 11 is 0. The highest BCUT2D eigenvalue weighted by Crippen LogP contribution is 2.22. The Labute approximate surface area is 162 Å². The second kappa shape index (κ2) is 8.70. The van der Waals surface area contributed by atoms with Gasteiger partial charge in [-0.2, -0.15) is 0 Å². The van der Waals surface area contributed by atoms with Crippen molar-refractivity contribution in [2.24, 2.45) is 5.92 Å². The van der Waals surface area contributed by atoms with Gasteiger partial charge in [0, 0.05) is 25.6 Å². The monoisotopic (exact) mass is 369 g/mol. The maximum Gasteiger partial charge on any atom is 0.257 e. The molecule has 2 heterocycles. The zero-order valence-corrected chi connectivity index (χ0v) is 16.9. The number of benzene rings is 1. The van der Waals surface area contributed by atoms with Crippen LogP contribution in [-0.4, -0.2) is 29.1 Å². The number of nitrogens with one attached hydrogen (secondary N) is 1. The molecule has 1 amide bonds. The van der Waals surface area contributed by atoms with Crippen LogP contribution in [0.1, 0.15) is 72.5 Å². The zero-order valence-electron chi connectivity index (χ0n) is 16.9. The van der Waals surface area contributed by atoms with Gasteiger partial charge in [0.05, 0.1) is 5.69 Å². The molecule has 1 N–H and O–H groups in total. The van der Waals surface area contributed by atoms with Gasteiger partial charge in [0.2, 0.25) is 0 Å². The third-order valence-corrected chi connectivity index (χ3v) is 5.26. The van der Waals surface area contributed by atoms with E-state index in [9.17, 15) is 4.79 Å². The summed E-state index contributed by atoms with van der Waals surface area (Å²) in [4.78, 5) is 15.1. The van der Waals surface area contributed by atoms with E-state index in [0.717, 1.165) is 18.0 Å². The number of hydrogen-bond donors (Lipinski definition) is 1. The maximum atomic E-state index is 12.6. The molecule has 0 aliphatic carbocycles. The van der Waals surface area contributed by atoms with E-state index >= 15 is 0 Å². The number of carbonyl (C=O) groups excluding carboxylic acids is 1. The van der Waals surface area contributed by atoms with Crippen molar-refractivity contribution in [2.45, 2.75) is 59.5 Å². The molecule has 0 saturated carbocycles. The van der Waals surface area contributed by atoms with Gasteiger partial charge in [0.15, 0.2) is 5.76 Å². The fourth-order valence-corrected chi connectivity index (χ4v) is 3.78. The summed E-state index contributed by atoms with van der Waals surface area (Å²) in [5.41, 5.74) is 3.64. The van der Waals surface area contributed by atoms with E-state index in [1.54, 1.807) is 6.92 Å². The summed E-state index contributed by atoms with van der Waals surface area (Å²) in [6.45, 7) is 12.0. The summed E-state index contributed by atoms with van der Waals surface area (Å²) in [6.07, 6.45) is 2.64. The molecule has 5 nitrogen and oxygen atoms in total. The van der Waals surface area contributed by atoms with Crippen molar-refractivity contribution in [2.75, 3.05) is 13.1 Å². The first-order valence-electron chi connectivity index (χ1n) is 9.98. The lowest BCUT2D eigenvalue weighted by atomic mass is 9.99. The van der Waals surface area contributed by atoms with Gasteiger partial charge in [-0.15, -0.1) is 0 Å². The molecule has 1 aromatic carbocycles. The molecule has 1 aliphatic heterocycles. The van der Waals surface area contributed by atoms with Crippen LogP contribution in [0.5, 0.6) is 0 Å². The minimum Gasteiger partial charge on any atom is -0.360 e. The van der Waals surface area contributed by atoms with E-state index in [2.05, 4.69) is 46.6 Å². The Morgan fingerprint density at radius 2 is 2.00 bits per heavy atom. The maximum absolute atomic E-state index is 12.6. The van der Waals surface area contributed by atoms with Gasteiger partial charge in [0.1, 0.15) is 5.56 Å². The third kappa shape index (κ3) is 4.98. The van der Waals surface area contributed by atoms with Gasteiger partial charge in [-0.3, -0.25) is 9.69 Å². The van der Waals surface area contributed by atoms with Crippen LogP contribution in [0.15, 0.2) is 28.8 Å². The van der Waals surface area contributed by atoms with Crippen molar-refractivity contribution in [3.63, 3.8) is 0 Å². The molecule has 1 aromatic heterocycles. The smallest absolute Gasteiger partial charge is 0.257 e. The van der Waals surface area contributed by atoms with Gasteiger partial charge >= 0.3 is 0 Å². The Kier molecular flexibility index (Phi) is 6.32. The largest absolute Gasteiger partial charge is 0.360 e. The number of hydrogen-bond acceptors (Lipinski definition) is 4. The first kappa shape index (κ1) is 19.6.